The first-order valence-electron chi connectivity index (χ1n) is 6.26. The molecule has 0 saturated carbocycles. The molecule has 106 valence electrons. The van der Waals surface area contributed by atoms with E-state index < -0.39 is 0 Å². The van der Waals surface area contributed by atoms with Gasteiger partial charge < -0.3 is 15.4 Å². The molecule has 0 radical (unpaired) electrons. The second kappa shape index (κ2) is 7.27. The molecule has 0 spiro atoms. The van der Waals surface area contributed by atoms with Gasteiger partial charge in [0.2, 0.25) is 0 Å². The zero-order chi connectivity index (χ0) is 14.4. The fourth-order valence-corrected chi connectivity index (χ4v) is 2.17. The maximum atomic E-state index is 6.08. The summed E-state index contributed by atoms with van der Waals surface area (Å²) in [6.07, 6.45) is 0. The van der Waals surface area contributed by atoms with E-state index in [0.717, 1.165) is 30.2 Å². The average molecular weight is 311 g/mol. The van der Waals surface area contributed by atoms with Crippen LogP contribution < -0.4 is 15.4 Å². The number of benzene rings is 2. The summed E-state index contributed by atoms with van der Waals surface area (Å²) in [4.78, 5) is 0. The normalized spacial score (nSPS) is 10.2. The van der Waals surface area contributed by atoms with Crippen LogP contribution in [0.15, 0.2) is 42.5 Å². The summed E-state index contributed by atoms with van der Waals surface area (Å²) in [6.45, 7) is 1.46. The Kier molecular flexibility index (Phi) is 5.39. The second-order valence-corrected chi connectivity index (χ2v) is 5.02. The van der Waals surface area contributed by atoms with E-state index in [1.807, 2.05) is 30.3 Å². The summed E-state index contributed by atoms with van der Waals surface area (Å²) >= 11 is 12.0. The zero-order valence-electron chi connectivity index (χ0n) is 11.1. The molecule has 0 bridgehead atoms. The minimum Gasteiger partial charge on any atom is -0.495 e. The van der Waals surface area contributed by atoms with E-state index in [2.05, 4.69) is 10.6 Å². The van der Waals surface area contributed by atoms with Crippen LogP contribution >= 0.6 is 23.2 Å². The lowest BCUT2D eigenvalue weighted by Crippen LogP contribution is -2.14. The van der Waals surface area contributed by atoms with E-state index in [9.17, 15) is 0 Å². The summed E-state index contributed by atoms with van der Waals surface area (Å²) < 4.78 is 5.27. The van der Waals surface area contributed by atoms with Gasteiger partial charge in [-0.2, -0.15) is 0 Å². The lowest BCUT2D eigenvalue weighted by Gasteiger charge is -2.12. The maximum Gasteiger partial charge on any atom is 0.141 e. The first kappa shape index (κ1) is 14.8. The highest BCUT2D eigenvalue weighted by Gasteiger charge is 2.02. The van der Waals surface area contributed by atoms with Crippen LogP contribution in [0.3, 0.4) is 0 Å². The van der Waals surface area contributed by atoms with Crippen molar-refractivity contribution in [3.05, 3.63) is 52.5 Å². The quantitative estimate of drug-likeness (QED) is 0.769. The number of anilines is 2. The minimum absolute atomic E-state index is 0.659. The van der Waals surface area contributed by atoms with Crippen molar-refractivity contribution in [3.63, 3.8) is 0 Å². The number of rotatable bonds is 6. The van der Waals surface area contributed by atoms with E-state index in [-0.39, 0.29) is 0 Å². The Morgan fingerprint density at radius 3 is 2.40 bits per heavy atom. The summed E-state index contributed by atoms with van der Waals surface area (Å²) in [6, 6.07) is 13.2. The SMILES string of the molecule is COc1ccccc1NCCNc1cc(Cl)ccc1Cl. The molecule has 0 aliphatic rings. The molecule has 2 aromatic carbocycles. The number of nitrogens with one attached hydrogen (secondary N) is 2. The molecular formula is C15H16Cl2N2O. The third-order valence-corrected chi connectivity index (χ3v) is 3.36. The van der Waals surface area contributed by atoms with Crippen molar-refractivity contribution in [3.8, 4) is 5.75 Å². The van der Waals surface area contributed by atoms with Gasteiger partial charge in [-0.1, -0.05) is 35.3 Å². The molecule has 2 aromatic rings. The monoisotopic (exact) mass is 310 g/mol. The number of methoxy groups -OCH3 is 1. The molecule has 0 amide bonds. The zero-order valence-corrected chi connectivity index (χ0v) is 12.6. The third kappa shape index (κ3) is 3.95. The van der Waals surface area contributed by atoms with Crippen LogP contribution in [0.25, 0.3) is 0 Å². The number of hydrogen-bond donors (Lipinski definition) is 2. The van der Waals surface area contributed by atoms with E-state index in [4.69, 9.17) is 27.9 Å². The summed E-state index contributed by atoms with van der Waals surface area (Å²) in [5.74, 6) is 0.827. The van der Waals surface area contributed by atoms with Crippen molar-refractivity contribution in [2.24, 2.45) is 0 Å². The summed E-state index contributed by atoms with van der Waals surface area (Å²) in [5, 5.41) is 7.87. The Morgan fingerprint density at radius 1 is 0.950 bits per heavy atom. The van der Waals surface area contributed by atoms with Crippen LogP contribution in [0.5, 0.6) is 5.75 Å². The molecule has 5 heteroatoms. The van der Waals surface area contributed by atoms with Gasteiger partial charge in [0.1, 0.15) is 5.75 Å². The molecule has 0 saturated heterocycles. The summed E-state index contributed by atoms with van der Waals surface area (Å²) in [7, 11) is 1.66. The molecule has 3 nitrogen and oxygen atoms in total. The molecule has 0 atom stereocenters. The highest BCUT2D eigenvalue weighted by atomic mass is 35.5. The van der Waals surface area contributed by atoms with Crippen molar-refractivity contribution in [1.82, 2.24) is 0 Å². The van der Waals surface area contributed by atoms with Crippen LogP contribution in [0.4, 0.5) is 11.4 Å². The fraction of sp³-hybridized carbons (Fsp3) is 0.200. The molecule has 0 heterocycles. The van der Waals surface area contributed by atoms with Crippen molar-refractivity contribution in [2.75, 3.05) is 30.8 Å². The highest BCUT2D eigenvalue weighted by molar-refractivity contribution is 6.35. The minimum atomic E-state index is 0.659. The molecular weight excluding hydrogens is 295 g/mol. The van der Waals surface area contributed by atoms with Crippen LogP contribution in [0.1, 0.15) is 0 Å². The summed E-state index contributed by atoms with van der Waals surface area (Å²) in [5.41, 5.74) is 1.80. The predicted molar refractivity (Wildman–Crippen MR) is 86.4 cm³/mol. The van der Waals surface area contributed by atoms with Crippen LogP contribution in [-0.2, 0) is 0 Å². The van der Waals surface area contributed by atoms with Crippen LogP contribution in [-0.4, -0.2) is 20.2 Å². The molecule has 0 aliphatic carbocycles. The van der Waals surface area contributed by atoms with Gasteiger partial charge in [0.25, 0.3) is 0 Å². The van der Waals surface area contributed by atoms with Crippen molar-refractivity contribution >= 4 is 34.6 Å². The van der Waals surface area contributed by atoms with Crippen molar-refractivity contribution < 1.29 is 4.74 Å². The molecule has 0 aromatic heterocycles. The molecule has 0 fully saturated rings. The Labute approximate surface area is 128 Å². The molecule has 0 aliphatic heterocycles. The first-order chi connectivity index (χ1) is 9.70. The van der Waals surface area contributed by atoms with Gasteiger partial charge >= 0.3 is 0 Å². The van der Waals surface area contributed by atoms with E-state index in [1.54, 1.807) is 19.2 Å². The van der Waals surface area contributed by atoms with Gasteiger partial charge in [-0.3, -0.25) is 0 Å². The molecule has 0 unspecified atom stereocenters. The van der Waals surface area contributed by atoms with Gasteiger partial charge in [0, 0.05) is 18.1 Å². The predicted octanol–water partition coefficient (Wildman–Crippen LogP) is 4.53. The van der Waals surface area contributed by atoms with Gasteiger partial charge in [0.15, 0.2) is 0 Å². The number of ether oxygens (including phenoxy) is 1. The number of halogens is 2. The van der Waals surface area contributed by atoms with Gasteiger partial charge in [-0.15, -0.1) is 0 Å². The Bertz CT molecular complexity index is 576. The Balaban J connectivity index is 1.86. The van der Waals surface area contributed by atoms with E-state index in [1.165, 1.54) is 0 Å². The van der Waals surface area contributed by atoms with E-state index >= 15 is 0 Å². The smallest absolute Gasteiger partial charge is 0.141 e. The maximum absolute atomic E-state index is 6.08. The molecule has 20 heavy (non-hydrogen) atoms. The van der Waals surface area contributed by atoms with Crippen molar-refractivity contribution in [1.29, 1.82) is 0 Å². The van der Waals surface area contributed by atoms with Gasteiger partial charge in [-0.05, 0) is 30.3 Å². The first-order valence-corrected chi connectivity index (χ1v) is 7.02. The van der Waals surface area contributed by atoms with Crippen molar-refractivity contribution in [2.45, 2.75) is 0 Å². The van der Waals surface area contributed by atoms with E-state index in [0.29, 0.717) is 10.0 Å². The largest absolute Gasteiger partial charge is 0.495 e. The number of para-hydroxylation sites is 2. The number of hydrogen-bond acceptors (Lipinski definition) is 3. The lowest BCUT2D eigenvalue weighted by atomic mass is 10.3. The van der Waals surface area contributed by atoms with Crippen LogP contribution in [0, 0.1) is 0 Å². The molecule has 2 rings (SSSR count). The fourth-order valence-electron chi connectivity index (χ4n) is 1.82. The average Bonchev–Trinajstić information content (AvgIpc) is 2.47. The molecule has 2 N–H and O–H groups in total. The van der Waals surface area contributed by atoms with Gasteiger partial charge in [-0.25, -0.2) is 0 Å². The van der Waals surface area contributed by atoms with Crippen LogP contribution in [0.2, 0.25) is 10.0 Å². The second-order valence-electron chi connectivity index (χ2n) is 4.18. The third-order valence-electron chi connectivity index (χ3n) is 2.79. The highest BCUT2D eigenvalue weighted by Crippen LogP contribution is 2.25. The Morgan fingerprint density at radius 2 is 1.65 bits per heavy atom. The standard InChI is InChI=1S/C15H16Cl2N2O/c1-20-15-5-3-2-4-13(15)18-8-9-19-14-10-11(16)6-7-12(14)17/h2-7,10,18-19H,8-9H2,1H3. The lowest BCUT2D eigenvalue weighted by molar-refractivity contribution is 0.416. The van der Waals surface area contributed by atoms with Gasteiger partial charge in [0.05, 0.1) is 23.5 Å². The topological polar surface area (TPSA) is 33.3 Å². The Hall–Kier alpha value is -1.58.